The highest BCUT2D eigenvalue weighted by Crippen LogP contribution is 2.28. The molecule has 0 unspecified atom stereocenters. The van der Waals surface area contributed by atoms with Gasteiger partial charge in [-0.3, -0.25) is 0 Å². The van der Waals surface area contributed by atoms with Crippen molar-refractivity contribution in [1.82, 2.24) is 20.4 Å². The number of aromatic nitrogens is 2. The predicted molar refractivity (Wildman–Crippen MR) is 87.3 cm³/mol. The molecule has 1 fully saturated rings. The van der Waals surface area contributed by atoms with Gasteiger partial charge in [-0.05, 0) is 32.9 Å². The maximum atomic E-state index is 12.0. The molecule has 2 aromatic rings. The van der Waals surface area contributed by atoms with Crippen molar-refractivity contribution in [3.05, 3.63) is 35.2 Å². The molecule has 122 valence electrons. The first-order valence-electron chi connectivity index (χ1n) is 7.48. The van der Waals surface area contributed by atoms with Crippen LogP contribution in [0.5, 0.6) is 0 Å². The van der Waals surface area contributed by atoms with Gasteiger partial charge in [0.2, 0.25) is 11.7 Å². The first kappa shape index (κ1) is 15.8. The van der Waals surface area contributed by atoms with Crippen LogP contribution in [0.3, 0.4) is 0 Å². The summed E-state index contributed by atoms with van der Waals surface area (Å²) < 4.78 is 5.33. The van der Waals surface area contributed by atoms with Crippen LogP contribution < -0.4 is 5.32 Å². The molecule has 0 aliphatic carbocycles. The number of nitrogens with zero attached hydrogens (tertiary/aromatic N) is 3. The largest absolute Gasteiger partial charge is 0.339 e. The van der Waals surface area contributed by atoms with Gasteiger partial charge in [0.15, 0.2) is 0 Å². The Morgan fingerprint density at radius 3 is 2.78 bits per heavy atom. The molecule has 2 amide bonds. The van der Waals surface area contributed by atoms with Crippen molar-refractivity contribution in [2.45, 2.75) is 32.2 Å². The summed E-state index contributed by atoms with van der Waals surface area (Å²) in [6, 6.07) is 7.24. The van der Waals surface area contributed by atoms with Crippen molar-refractivity contribution in [2.75, 3.05) is 13.1 Å². The third-order valence-electron chi connectivity index (χ3n) is 3.52. The number of hydrogen-bond donors (Lipinski definition) is 1. The average molecular weight is 335 g/mol. The highest BCUT2D eigenvalue weighted by atomic mass is 35.5. The first-order chi connectivity index (χ1) is 10.8. The quantitative estimate of drug-likeness (QED) is 0.914. The summed E-state index contributed by atoms with van der Waals surface area (Å²) in [5.41, 5.74) is 0.570. The number of rotatable bonds is 2. The number of hydrogen-bond acceptors (Lipinski definition) is 4. The molecule has 0 atom stereocenters. The van der Waals surface area contributed by atoms with E-state index in [1.807, 2.05) is 32.9 Å². The fourth-order valence-electron chi connectivity index (χ4n) is 2.35. The van der Waals surface area contributed by atoms with E-state index in [0.29, 0.717) is 29.8 Å². The van der Waals surface area contributed by atoms with Gasteiger partial charge >= 0.3 is 6.03 Å². The molecule has 2 heterocycles. The molecule has 7 heteroatoms. The lowest BCUT2D eigenvalue weighted by Crippen LogP contribution is -2.56. The van der Waals surface area contributed by atoms with Gasteiger partial charge in [-0.15, -0.1) is 0 Å². The molecule has 23 heavy (non-hydrogen) atoms. The van der Waals surface area contributed by atoms with Crippen LogP contribution in [0, 0.1) is 0 Å². The van der Waals surface area contributed by atoms with Crippen LogP contribution in [0.15, 0.2) is 28.8 Å². The Kier molecular flexibility index (Phi) is 4.02. The highest BCUT2D eigenvalue weighted by Gasteiger charge is 2.36. The fourth-order valence-corrected chi connectivity index (χ4v) is 2.54. The standard InChI is InChI=1S/C16H19ClN4O2/c1-16(2,3)19-15(22)21-8-11(9-21)14-18-13(20-23-14)10-5-4-6-12(17)7-10/h4-7,11H,8-9H2,1-3H3,(H,19,22). The van der Waals surface area contributed by atoms with Gasteiger partial charge in [-0.25, -0.2) is 4.79 Å². The lowest BCUT2D eigenvalue weighted by atomic mass is 10.0. The van der Waals surface area contributed by atoms with Gasteiger partial charge in [0.25, 0.3) is 0 Å². The number of carbonyl (C=O) groups is 1. The van der Waals surface area contributed by atoms with Crippen molar-refractivity contribution in [2.24, 2.45) is 0 Å². The molecular weight excluding hydrogens is 316 g/mol. The monoisotopic (exact) mass is 334 g/mol. The number of benzene rings is 1. The zero-order valence-electron chi connectivity index (χ0n) is 13.3. The molecule has 1 N–H and O–H groups in total. The Bertz CT molecular complexity index is 717. The minimum absolute atomic E-state index is 0.0664. The van der Waals surface area contributed by atoms with Gasteiger partial charge in [0.1, 0.15) is 0 Å². The zero-order valence-corrected chi connectivity index (χ0v) is 14.1. The molecule has 0 spiro atoms. The van der Waals surface area contributed by atoms with Crippen molar-refractivity contribution >= 4 is 17.6 Å². The van der Waals surface area contributed by atoms with Crippen molar-refractivity contribution in [1.29, 1.82) is 0 Å². The average Bonchev–Trinajstić information content (AvgIpc) is 2.84. The molecule has 1 aliphatic heterocycles. The molecule has 3 rings (SSSR count). The van der Waals surface area contributed by atoms with Crippen LogP contribution >= 0.6 is 11.6 Å². The number of carbonyl (C=O) groups excluding carboxylic acids is 1. The molecule has 0 saturated carbocycles. The van der Waals surface area contributed by atoms with Crippen LogP contribution in [-0.4, -0.2) is 39.7 Å². The van der Waals surface area contributed by atoms with E-state index in [0.717, 1.165) is 5.56 Å². The minimum Gasteiger partial charge on any atom is -0.339 e. The summed E-state index contributed by atoms with van der Waals surface area (Å²) in [5.74, 6) is 1.15. The zero-order chi connectivity index (χ0) is 16.6. The second kappa shape index (κ2) is 5.85. The maximum Gasteiger partial charge on any atom is 0.317 e. The van der Waals surface area contributed by atoms with Crippen LogP contribution in [-0.2, 0) is 0 Å². The molecule has 6 nitrogen and oxygen atoms in total. The number of urea groups is 1. The second-order valence-corrected chi connectivity index (χ2v) is 7.19. The Morgan fingerprint density at radius 1 is 1.39 bits per heavy atom. The van der Waals surface area contributed by atoms with E-state index in [9.17, 15) is 4.79 Å². The minimum atomic E-state index is -0.244. The van der Waals surface area contributed by atoms with Crippen LogP contribution in [0.4, 0.5) is 4.79 Å². The molecular formula is C16H19ClN4O2. The van der Waals surface area contributed by atoms with E-state index in [2.05, 4.69) is 15.5 Å². The molecule has 1 aliphatic rings. The van der Waals surface area contributed by atoms with Gasteiger partial charge in [0.05, 0.1) is 5.92 Å². The Morgan fingerprint density at radius 2 is 2.13 bits per heavy atom. The lowest BCUT2D eigenvalue weighted by molar-refractivity contribution is 0.131. The van der Waals surface area contributed by atoms with Crippen LogP contribution in [0.25, 0.3) is 11.4 Å². The predicted octanol–water partition coefficient (Wildman–Crippen LogP) is 3.30. The van der Waals surface area contributed by atoms with Gasteiger partial charge in [-0.1, -0.05) is 28.9 Å². The van der Waals surface area contributed by atoms with Crippen molar-refractivity contribution in [3.63, 3.8) is 0 Å². The summed E-state index contributed by atoms with van der Waals surface area (Å²) in [4.78, 5) is 18.2. The van der Waals surface area contributed by atoms with Crippen LogP contribution in [0.1, 0.15) is 32.6 Å². The Balaban J connectivity index is 1.62. The third kappa shape index (κ3) is 3.64. The lowest BCUT2D eigenvalue weighted by Gasteiger charge is -2.38. The SMILES string of the molecule is CC(C)(C)NC(=O)N1CC(c2nc(-c3cccc(Cl)c3)no2)C1. The fraction of sp³-hybridized carbons (Fsp3) is 0.438. The first-order valence-corrected chi connectivity index (χ1v) is 7.86. The summed E-state index contributed by atoms with van der Waals surface area (Å²) in [5, 5.41) is 7.56. The maximum absolute atomic E-state index is 12.0. The van der Waals surface area contributed by atoms with Gasteiger partial charge < -0.3 is 14.7 Å². The number of amides is 2. The number of halogens is 1. The summed E-state index contributed by atoms with van der Waals surface area (Å²) in [6.45, 7) is 7.03. The Labute approximate surface area is 139 Å². The van der Waals surface area contributed by atoms with E-state index < -0.39 is 0 Å². The van der Waals surface area contributed by atoms with Crippen molar-refractivity contribution < 1.29 is 9.32 Å². The smallest absolute Gasteiger partial charge is 0.317 e. The molecule has 1 aromatic heterocycles. The van der Waals surface area contributed by atoms with E-state index in [1.54, 1.807) is 17.0 Å². The number of likely N-dealkylation sites (tertiary alicyclic amines) is 1. The van der Waals surface area contributed by atoms with Crippen molar-refractivity contribution in [3.8, 4) is 11.4 Å². The molecule has 0 radical (unpaired) electrons. The number of nitrogens with one attached hydrogen (secondary N) is 1. The summed E-state index contributed by atoms with van der Waals surface area (Å²) in [7, 11) is 0. The normalized spacial score (nSPS) is 15.4. The van der Waals surface area contributed by atoms with E-state index in [4.69, 9.17) is 16.1 Å². The van der Waals surface area contributed by atoms with E-state index in [-0.39, 0.29) is 17.5 Å². The summed E-state index contributed by atoms with van der Waals surface area (Å²) in [6.07, 6.45) is 0. The highest BCUT2D eigenvalue weighted by molar-refractivity contribution is 6.30. The Hall–Kier alpha value is -2.08. The van der Waals surface area contributed by atoms with E-state index >= 15 is 0 Å². The van der Waals surface area contributed by atoms with Gasteiger partial charge in [-0.2, -0.15) is 4.98 Å². The topological polar surface area (TPSA) is 71.3 Å². The molecule has 1 saturated heterocycles. The van der Waals surface area contributed by atoms with E-state index in [1.165, 1.54) is 0 Å². The van der Waals surface area contributed by atoms with Gasteiger partial charge in [0, 0.05) is 29.2 Å². The molecule has 1 aromatic carbocycles. The molecule has 0 bridgehead atoms. The summed E-state index contributed by atoms with van der Waals surface area (Å²) >= 11 is 5.97. The third-order valence-corrected chi connectivity index (χ3v) is 3.76. The second-order valence-electron chi connectivity index (χ2n) is 6.75. The van der Waals surface area contributed by atoms with Crippen LogP contribution in [0.2, 0.25) is 5.02 Å².